The van der Waals surface area contributed by atoms with Gasteiger partial charge in [-0.1, -0.05) is 6.07 Å². The Bertz CT molecular complexity index is 1210. The minimum absolute atomic E-state index is 0.206. The van der Waals surface area contributed by atoms with Gasteiger partial charge < -0.3 is 9.88 Å². The van der Waals surface area contributed by atoms with E-state index >= 15 is 0 Å². The summed E-state index contributed by atoms with van der Waals surface area (Å²) >= 11 is 3.35. The average Bonchev–Trinajstić information content (AvgIpc) is 3.54. The number of ketones is 1. The Morgan fingerprint density at radius 2 is 2.03 bits per heavy atom. The van der Waals surface area contributed by atoms with Crippen molar-refractivity contribution in [2.24, 2.45) is 0 Å². The molecule has 4 heterocycles. The summed E-state index contributed by atoms with van der Waals surface area (Å²) in [5.41, 5.74) is 2.35. The van der Waals surface area contributed by atoms with Gasteiger partial charge in [0.05, 0.1) is 6.54 Å². The molecule has 3 aromatic heterocycles. The summed E-state index contributed by atoms with van der Waals surface area (Å²) in [7, 11) is 0. The zero-order chi connectivity index (χ0) is 22.5. The number of aromatic nitrogens is 1. The quantitative estimate of drug-likeness (QED) is 0.430. The maximum Gasteiger partial charge on any atom is 0.325 e. The normalized spacial score (nSPS) is 20.1. The largest absolute Gasteiger partial charge is 0.348 e. The number of imide groups is 1. The SMILES string of the molecule is Cc1cc(C(=O)CN2C(=O)NC3(CCCc4sccc43)C2=O)c(C)n1CCc1cccs1. The first kappa shape index (κ1) is 21.2. The third-order valence-corrected chi connectivity index (χ3v) is 8.59. The predicted molar refractivity (Wildman–Crippen MR) is 125 cm³/mol. The van der Waals surface area contributed by atoms with Crippen LogP contribution in [0.3, 0.4) is 0 Å². The topological polar surface area (TPSA) is 71.4 Å². The Labute approximate surface area is 194 Å². The molecule has 6 nitrogen and oxygen atoms in total. The molecule has 0 bridgehead atoms. The summed E-state index contributed by atoms with van der Waals surface area (Å²) in [6, 6.07) is 7.49. The van der Waals surface area contributed by atoms with Crippen molar-refractivity contribution >= 4 is 40.4 Å². The van der Waals surface area contributed by atoms with E-state index in [1.807, 2.05) is 37.4 Å². The number of nitrogens with one attached hydrogen (secondary N) is 1. The lowest BCUT2D eigenvalue weighted by Crippen LogP contribution is -2.46. The lowest BCUT2D eigenvalue weighted by molar-refractivity contribution is -0.131. The Hall–Kier alpha value is -2.71. The van der Waals surface area contributed by atoms with E-state index in [0.29, 0.717) is 12.0 Å². The van der Waals surface area contributed by atoms with Gasteiger partial charge in [0, 0.05) is 38.8 Å². The van der Waals surface area contributed by atoms with Crippen LogP contribution in [0.4, 0.5) is 4.79 Å². The molecule has 3 amide bonds. The minimum atomic E-state index is -1.01. The first-order valence-electron chi connectivity index (χ1n) is 10.8. The van der Waals surface area contributed by atoms with E-state index in [0.717, 1.165) is 52.5 Å². The van der Waals surface area contributed by atoms with Gasteiger partial charge in [-0.2, -0.15) is 0 Å². The van der Waals surface area contributed by atoms with Gasteiger partial charge in [-0.25, -0.2) is 4.79 Å². The second-order valence-electron chi connectivity index (χ2n) is 8.53. The van der Waals surface area contributed by atoms with Crippen LogP contribution < -0.4 is 5.32 Å². The molecule has 0 radical (unpaired) electrons. The van der Waals surface area contributed by atoms with E-state index in [1.165, 1.54) is 4.88 Å². The number of urea groups is 1. The van der Waals surface area contributed by atoms with Gasteiger partial charge in [-0.3, -0.25) is 14.5 Å². The smallest absolute Gasteiger partial charge is 0.325 e. The van der Waals surface area contributed by atoms with Gasteiger partial charge in [0.25, 0.3) is 5.91 Å². The molecule has 1 fully saturated rings. The van der Waals surface area contributed by atoms with Gasteiger partial charge in [0.15, 0.2) is 5.78 Å². The van der Waals surface area contributed by atoms with Crippen LogP contribution in [-0.2, 0) is 29.7 Å². The lowest BCUT2D eigenvalue weighted by Gasteiger charge is -2.31. The summed E-state index contributed by atoms with van der Waals surface area (Å²) in [4.78, 5) is 42.9. The van der Waals surface area contributed by atoms with E-state index in [9.17, 15) is 14.4 Å². The molecule has 2 aliphatic rings. The molecule has 1 aliphatic carbocycles. The van der Waals surface area contributed by atoms with Crippen molar-refractivity contribution in [3.05, 3.63) is 67.3 Å². The summed E-state index contributed by atoms with van der Waals surface area (Å²) in [6.45, 7) is 4.47. The average molecular weight is 468 g/mol. The molecule has 0 aromatic carbocycles. The van der Waals surface area contributed by atoms with Crippen molar-refractivity contribution in [1.29, 1.82) is 0 Å². The third-order valence-electron chi connectivity index (χ3n) is 6.67. The Balaban J connectivity index is 1.35. The number of carbonyl (C=O) groups is 3. The number of hydrogen-bond donors (Lipinski definition) is 1. The summed E-state index contributed by atoms with van der Waals surface area (Å²) in [6.07, 6.45) is 3.24. The number of aryl methyl sites for hydroxylation is 3. The van der Waals surface area contributed by atoms with Crippen molar-refractivity contribution in [3.8, 4) is 0 Å². The van der Waals surface area contributed by atoms with Gasteiger partial charge >= 0.3 is 6.03 Å². The van der Waals surface area contributed by atoms with Crippen LogP contribution in [0.2, 0.25) is 0 Å². The molecule has 8 heteroatoms. The highest BCUT2D eigenvalue weighted by molar-refractivity contribution is 7.10. The fourth-order valence-electron chi connectivity index (χ4n) is 5.02. The number of thiophene rings is 2. The monoisotopic (exact) mass is 467 g/mol. The summed E-state index contributed by atoms with van der Waals surface area (Å²) in [5, 5.41) is 6.96. The lowest BCUT2D eigenvalue weighted by atomic mass is 9.80. The molecule has 32 heavy (non-hydrogen) atoms. The molecule has 1 spiro atoms. The second kappa shape index (κ2) is 8.01. The maximum atomic E-state index is 13.4. The molecule has 1 saturated heterocycles. The van der Waals surface area contributed by atoms with E-state index in [-0.39, 0.29) is 18.2 Å². The number of amides is 3. The molecule has 166 valence electrons. The Kier molecular flexibility index (Phi) is 5.29. The van der Waals surface area contributed by atoms with Crippen LogP contribution in [0.1, 0.15) is 49.9 Å². The van der Waals surface area contributed by atoms with Crippen molar-refractivity contribution in [3.63, 3.8) is 0 Å². The molecule has 1 unspecified atom stereocenters. The molecule has 1 N–H and O–H groups in total. The molecule has 1 atom stereocenters. The minimum Gasteiger partial charge on any atom is -0.348 e. The first-order chi connectivity index (χ1) is 15.4. The first-order valence-corrected chi connectivity index (χ1v) is 12.6. The molecular formula is C24H25N3O3S2. The van der Waals surface area contributed by atoms with Crippen LogP contribution in [-0.4, -0.2) is 33.7 Å². The van der Waals surface area contributed by atoms with Gasteiger partial charge in [-0.15, -0.1) is 22.7 Å². The standard InChI is InChI=1S/C24H25N3O3S2/c1-15-13-18(16(2)26(15)10-7-17-5-4-11-31-17)20(28)14-27-22(29)24(25-23(27)30)9-3-6-21-19(24)8-12-32-21/h4-5,8,11-13H,3,6-7,9-10,14H2,1-2H3,(H,25,30). The van der Waals surface area contributed by atoms with E-state index < -0.39 is 11.6 Å². The van der Waals surface area contributed by atoms with Gasteiger partial charge in [0.1, 0.15) is 5.54 Å². The molecule has 3 aromatic rings. The van der Waals surface area contributed by atoms with Crippen molar-refractivity contribution < 1.29 is 14.4 Å². The molecule has 5 rings (SSSR count). The molecule has 1 aliphatic heterocycles. The number of nitrogens with zero attached hydrogens (tertiary/aromatic N) is 2. The third kappa shape index (κ3) is 3.33. The van der Waals surface area contributed by atoms with Crippen molar-refractivity contribution in [1.82, 2.24) is 14.8 Å². The van der Waals surface area contributed by atoms with Crippen LogP contribution in [0.5, 0.6) is 0 Å². The van der Waals surface area contributed by atoms with Crippen LogP contribution in [0, 0.1) is 13.8 Å². The predicted octanol–water partition coefficient (Wildman–Crippen LogP) is 4.44. The summed E-state index contributed by atoms with van der Waals surface area (Å²) < 4.78 is 2.14. The second-order valence-corrected chi connectivity index (χ2v) is 10.6. The van der Waals surface area contributed by atoms with E-state index in [1.54, 1.807) is 22.7 Å². The Morgan fingerprint density at radius 1 is 1.19 bits per heavy atom. The van der Waals surface area contributed by atoms with Crippen LogP contribution in [0.25, 0.3) is 0 Å². The number of carbonyl (C=O) groups excluding carboxylic acids is 3. The van der Waals surface area contributed by atoms with Crippen LogP contribution in [0.15, 0.2) is 35.0 Å². The Morgan fingerprint density at radius 3 is 2.81 bits per heavy atom. The maximum absolute atomic E-state index is 13.4. The highest BCUT2D eigenvalue weighted by Crippen LogP contribution is 2.42. The highest BCUT2D eigenvalue weighted by Gasteiger charge is 2.54. The zero-order valence-electron chi connectivity index (χ0n) is 18.1. The van der Waals surface area contributed by atoms with E-state index in [4.69, 9.17) is 0 Å². The van der Waals surface area contributed by atoms with E-state index in [2.05, 4.69) is 21.3 Å². The van der Waals surface area contributed by atoms with Gasteiger partial charge in [-0.05, 0) is 68.5 Å². The van der Waals surface area contributed by atoms with Gasteiger partial charge in [0.2, 0.25) is 0 Å². The molecule has 0 saturated carbocycles. The van der Waals surface area contributed by atoms with Crippen molar-refractivity contribution in [2.75, 3.05) is 6.54 Å². The fraction of sp³-hybridized carbons (Fsp3) is 0.375. The number of rotatable bonds is 6. The molecular weight excluding hydrogens is 442 g/mol. The highest BCUT2D eigenvalue weighted by atomic mass is 32.1. The zero-order valence-corrected chi connectivity index (χ0v) is 19.8. The van der Waals surface area contributed by atoms with Crippen LogP contribution >= 0.6 is 22.7 Å². The number of Topliss-reactive ketones (excluding diaryl/α,β-unsaturated/α-hetero) is 1. The summed E-state index contributed by atoms with van der Waals surface area (Å²) in [5.74, 6) is -0.510. The van der Waals surface area contributed by atoms with Crippen molar-refractivity contribution in [2.45, 2.75) is 51.6 Å². The number of hydrogen-bond acceptors (Lipinski definition) is 5. The number of fused-ring (bicyclic) bond motifs is 2. The fourth-order valence-corrected chi connectivity index (χ4v) is 6.72.